The zero-order valence-corrected chi connectivity index (χ0v) is 22.7. The molecule has 4 atom stereocenters. The van der Waals surface area contributed by atoms with E-state index in [-0.39, 0.29) is 23.9 Å². The summed E-state index contributed by atoms with van der Waals surface area (Å²) in [5, 5.41) is 5.73. The Labute approximate surface area is 219 Å². The molecule has 9 heteroatoms. The van der Waals surface area contributed by atoms with Gasteiger partial charge in [-0.25, -0.2) is 4.79 Å². The van der Waals surface area contributed by atoms with E-state index in [4.69, 9.17) is 10.5 Å². The van der Waals surface area contributed by atoms with Crippen molar-refractivity contribution in [3.63, 3.8) is 0 Å². The van der Waals surface area contributed by atoms with Gasteiger partial charge in [0.1, 0.15) is 17.7 Å². The lowest BCUT2D eigenvalue weighted by atomic mass is 9.93. The number of rotatable bonds is 9. The molecule has 2 aliphatic carbocycles. The molecule has 2 aliphatic rings. The molecule has 0 radical (unpaired) electrons. The normalized spacial score (nSPS) is 21.3. The first-order valence-corrected chi connectivity index (χ1v) is 13.3. The van der Waals surface area contributed by atoms with Crippen LogP contribution in [0.25, 0.3) is 0 Å². The Hall–Kier alpha value is -3.10. The standard InChI is InChI=1S/C28H42N4O5/c1-17-11-9-10-14-20(17)24(25(34)30-19-12-7-6-8-13-19)32(22-15-18(22)2)26(35)21(16-23(29)33)31-27(36)37-28(3,4)5/h9-11,14,18-19,21-22,24H,6-8,12-13,15-16H2,1-5H3,(H2,29,33)(H,30,34)(H,31,36). The topological polar surface area (TPSA) is 131 Å². The van der Waals surface area contributed by atoms with Gasteiger partial charge in [0.05, 0.1) is 6.42 Å². The highest BCUT2D eigenvalue weighted by molar-refractivity contribution is 5.95. The second-order valence-electron chi connectivity index (χ2n) is 11.5. The van der Waals surface area contributed by atoms with Gasteiger partial charge in [0.15, 0.2) is 0 Å². The van der Waals surface area contributed by atoms with Crippen LogP contribution in [0.2, 0.25) is 0 Å². The third-order valence-corrected chi connectivity index (χ3v) is 7.03. The summed E-state index contributed by atoms with van der Waals surface area (Å²) in [6.07, 6.45) is 4.58. The van der Waals surface area contributed by atoms with Gasteiger partial charge >= 0.3 is 6.09 Å². The number of amides is 4. The molecule has 204 valence electrons. The van der Waals surface area contributed by atoms with E-state index in [0.717, 1.165) is 49.7 Å². The number of hydrogen-bond donors (Lipinski definition) is 3. The van der Waals surface area contributed by atoms with Crippen LogP contribution in [-0.2, 0) is 19.1 Å². The number of hydrogen-bond acceptors (Lipinski definition) is 5. The molecule has 2 fully saturated rings. The summed E-state index contributed by atoms with van der Waals surface area (Å²) in [4.78, 5) is 54.1. The molecule has 0 saturated heterocycles. The molecule has 37 heavy (non-hydrogen) atoms. The first-order chi connectivity index (χ1) is 17.4. The minimum absolute atomic E-state index is 0.0580. The fourth-order valence-electron chi connectivity index (χ4n) is 5.04. The number of ether oxygens (including phenoxy) is 1. The fraction of sp³-hybridized carbons (Fsp3) is 0.643. The van der Waals surface area contributed by atoms with Crippen LogP contribution in [0.4, 0.5) is 4.79 Å². The summed E-state index contributed by atoms with van der Waals surface area (Å²) in [6.45, 7) is 9.05. The summed E-state index contributed by atoms with van der Waals surface area (Å²) in [5.41, 5.74) is 6.27. The van der Waals surface area contributed by atoms with Crippen molar-refractivity contribution in [2.45, 2.75) is 109 Å². The molecule has 0 spiro atoms. The van der Waals surface area contributed by atoms with Crippen LogP contribution in [0.3, 0.4) is 0 Å². The Balaban J connectivity index is 1.98. The maximum absolute atomic E-state index is 14.1. The van der Waals surface area contributed by atoms with E-state index in [2.05, 4.69) is 10.6 Å². The lowest BCUT2D eigenvalue weighted by Crippen LogP contribution is -2.55. The minimum atomic E-state index is -1.26. The quantitative estimate of drug-likeness (QED) is 0.464. The van der Waals surface area contributed by atoms with E-state index < -0.39 is 42.0 Å². The van der Waals surface area contributed by atoms with Gasteiger partial charge < -0.3 is 26.0 Å². The highest BCUT2D eigenvalue weighted by Crippen LogP contribution is 2.41. The molecular weight excluding hydrogens is 472 g/mol. The number of nitrogens with two attached hydrogens (primary N) is 1. The van der Waals surface area contributed by atoms with Gasteiger partial charge in [-0.2, -0.15) is 0 Å². The first-order valence-electron chi connectivity index (χ1n) is 13.3. The monoisotopic (exact) mass is 514 g/mol. The number of alkyl carbamates (subject to hydrolysis) is 1. The van der Waals surface area contributed by atoms with Crippen molar-refractivity contribution in [3.05, 3.63) is 35.4 Å². The number of benzene rings is 1. The van der Waals surface area contributed by atoms with Crippen LogP contribution < -0.4 is 16.4 Å². The molecule has 4 unspecified atom stereocenters. The van der Waals surface area contributed by atoms with Crippen molar-refractivity contribution in [1.82, 2.24) is 15.5 Å². The molecule has 3 rings (SSSR count). The van der Waals surface area contributed by atoms with Gasteiger partial charge in [-0.05, 0) is 64.0 Å². The lowest BCUT2D eigenvalue weighted by molar-refractivity contribution is -0.144. The predicted molar refractivity (Wildman–Crippen MR) is 140 cm³/mol. The Morgan fingerprint density at radius 1 is 1.11 bits per heavy atom. The van der Waals surface area contributed by atoms with Crippen LogP contribution in [0.1, 0.15) is 89.8 Å². The van der Waals surface area contributed by atoms with E-state index >= 15 is 0 Å². The maximum atomic E-state index is 14.1. The SMILES string of the molecule is Cc1ccccc1C(C(=O)NC1CCCCC1)N(C(=O)C(CC(N)=O)NC(=O)OC(C)(C)C)C1CC1C. The van der Waals surface area contributed by atoms with Crippen molar-refractivity contribution in [2.75, 3.05) is 0 Å². The van der Waals surface area contributed by atoms with Gasteiger partial charge in [0.2, 0.25) is 17.7 Å². The molecular formula is C28H42N4O5. The molecule has 4 N–H and O–H groups in total. The Bertz CT molecular complexity index is 999. The predicted octanol–water partition coefficient (Wildman–Crippen LogP) is 3.49. The fourth-order valence-corrected chi connectivity index (χ4v) is 5.04. The number of nitrogens with zero attached hydrogens (tertiary/aromatic N) is 1. The zero-order valence-electron chi connectivity index (χ0n) is 22.7. The summed E-state index contributed by atoms with van der Waals surface area (Å²) in [7, 11) is 0. The largest absolute Gasteiger partial charge is 0.444 e. The van der Waals surface area contributed by atoms with Crippen molar-refractivity contribution >= 4 is 23.8 Å². The average Bonchev–Trinajstić information content (AvgIpc) is 3.52. The van der Waals surface area contributed by atoms with Gasteiger partial charge in [-0.3, -0.25) is 14.4 Å². The number of carbonyl (C=O) groups excluding carboxylic acids is 4. The van der Waals surface area contributed by atoms with Crippen LogP contribution in [-0.4, -0.2) is 52.4 Å². The Morgan fingerprint density at radius 3 is 2.27 bits per heavy atom. The number of carbonyl (C=O) groups is 4. The molecule has 1 aromatic carbocycles. The number of nitrogens with one attached hydrogen (secondary N) is 2. The van der Waals surface area contributed by atoms with Crippen LogP contribution in [0, 0.1) is 12.8 Å². The van der Waals surface area contributed by atoms with E-state index in [9.17, 15) is 19.2 Å². The van der Waals surface area contributed by atoms with Crippen molar-refractivity contribution in [1.29, 1.82) is 0 Å². The summed E-state index contributed by atoms with van der Waals surface area (Å²) in [6, 6.07) is 5.21. The summed E-state index contributed by atoms with van der Waals surface area (Å²) >= 11 is 0. The minimum Gasteiger partial charge on any atom is -0.444 e. The van der Waals surface area contributed by atoms with Crippen molar-refractivity contribution < 1.29 is 23.9 Å². The Kier molecular flexibility index (Phi) is 9.21. The zero-order chi connectivity index (χ0) is 27.3. The first kappa shape index (κ1) is 28.5. The molecule has 0 aromatic heterocycles. The summed E-state index contributed by atoms with van der Waals surface area (Å²) in [5.74, 6) is -1.33. The second kappa shape index (κ2) is 12.0. The molecule has 0 heterocycles. The molecule has 4 amide bonds. The highest BCUT2D eigenvalue weighted by atomic mass is 16.6. The maximum Gasteiger partial charge on any atom is 0.408 e. The van der Waals surface area contributed by atoms with Gasteiger partial charge in [-0.1, -0.05) is 50.5 Å². The van der Waals surface area contributed by atoms with Gasteiger partial charge in [0, 0.05) is 12.1 Å². The van der Waals surface area contributed by atoms with Crippen molar-refractivity contribution in [2.24, 2.45) is 11.7 Å². The van der Waals surface area contributed by atoms with Gasteiger partial charge in [0.25, 0.3) is 0 Å². The second-order valence-corrected chi connectivity index (χ2v) is 11.5. The smallest absolute Gasteiger partial charge is 0.408 e. The van der Waals surface area contributed by atoms with E-state index in [0.29, 0.717) is 0 Å². The van der Waals surface area contributed by atoms with Crippen molar-refractivity contribution in [3.8, 4) is 0 Å². The molecule has 9 nitrogen and oxygen atoms in total. The molecule has 2 saturated carbocycles. The van der Waals surface area contributed by atoms with Gasteiger partial charge in [-0.15, -0.1) is 0 Å². The van der Waals surface area contributed by atoms with Crippen LogP contribution in [0.5, 0.6) is 0 Å². The molecule has 0 bridgehead atoms. The number of aryl methyl sites for hydroxylation is 1. The van der Waals surface area contributed by atoms with E-state index in [1.54, 1.807) is 25.7 Å². The van der Waals surface area contributed by atoms with Crippen LogP contribution in [0.15, 0.2) is 24.3 Å². The molecule has 1 aromatic rings. The highest BCUT2D eigenvalue weighted by Gasteiger charge is 2.49. The third kappa shape index (κ3) is 7.94. The number of primary amides is 1. The average molecular weight is 515 g/mol. The van der Waals surface area contributed by atoms with E-state index in [1.807, 2.05) is 38.1 Å². The summed E-state index contributed by atoms with van der Waals surface area (Å²) < 4.78 is 5.34. The van der Waals surface area contributed by atoms with Crippen LogP contribution >= 0.6 is 0 Å². The van der Waals surface area contributed by atoms with E-state index in [1.165, 1.54) is 0 Å². The third-order valence-electron chi connectivity index (χ3n) is 7.03. The Morgan fingerprint density at radius 2 is 1.73 bits per heavy atom. The lowest BCUT2D eigenvalue weighted by Gasteiger charge is -2.36. The molecule has 0 aliphatic heterocycles.